The molecule has 0 saturated heterocycles. The highest BCUT2D eigenvalue weighted by Gasteiger charge is 2.27. The lowest BCUT2D eigenvalue weighted by molar-refractivity contribution is -0.136. The number of rotatable bonds is 3. The fourth-order valence-electron chi connectivity index (χ4n) is 2.03. The van der Waals surface area contributed by atoms with Crippen LogP contribution in [-0.4, -0.2) is 24.2 Å². The van der Waals surface area contributed by atoms with Gasteiger partial charge in [-0.05, 0) is 24.7 Å². The van der Waals surface area contributed by atoms with Crippen molar-refractivity contribution in [2.45, 2.75) is 13.0 Å². The van der Waals surface area contributed by atoms with E-state index in [1.807, 2.05) is 49.4 Å². The Hall–Kier alpha value is -2.14. The van der Waals surface area contributed by atoms with Gasteiger partial charge in [0.1, 0.15) is 0 Å². The molecule has 0 aromatic heterocycles. The summed E-state index contributed by atoms with van der Waals surface area (Å²) in [7, 11) is 1.37. The summed E-state index contributed by atoms with van der Waals surface area (Å²) in [4.78, 5) is 11.9. The molecule has 0 unspecified atom stereocenters. The fourth-order valence-corrected chi connectivity index (χ4v) is 2.31. The Morgan fingerprint density at radius 3 is 2.70 bits per heavy atom. The molecule has 0 radical (unpaired) electrons. The zero-order valence-electron chi connectivity index (χ0n) is 11.3. The van der Waals surface area contributed by atoms with Crippen LogP contribution in [-0.2, 0) is 9.53 Å². The zero-order chi connectivity index (χ0) is 14.5. The summed E-state index contributed by atoms with van der Waals surface area (Å²) in [6, 6.07) is 9.56. The Bertz CT molecular complexity index is 579. The maximum atomic E-state index is 11.9. The molecule has 4 nitrogen and oxygen atoms in total. The molecular formula is C15H16N2O2S. The first-order valence-electron chi connectivity index (χ1n) is 6.21. The van der Waals surface area contributed by atoms with E-state index in [0.29, 0.717) is 16.4 Å². The smallest absolute Gasteiger partial charge is 0.337 e. The minimum atomic E-state index is -0.368. The predicted octanol–water partition coefficient (Wildman–Crippen LogP) is 1.99. The van der Waals surface area contributed by atoms with Crippen LogP contribution in [0, 0.1) is 0 Å². The Kier molecular flexibility index (Phi) is 4.53. The Labute approximate surface area is 123 Å². The van der Waals surface area contributed by atoms with Gasteiger partial charge in [0.25, 0.3) is 0 Å². The fraction of sp³-hybridized carbons (Fsp3) is 0.200. The average Bonchev–Trinajstić information content (AvgIpc) is 2.45. The van der Waals surface area contributed by atoms with E-state index in [2.05, 4.69) is 10.6 Å². The van der Waals surface area contributed by atoms with Crippen LogP contribution in [0.15, 0.2) is 47.7 Å². The van der Waals surface area contributed by atoms with Gasteiger partial charge in [-0.15, -0.1) is 0 Å². The van der Waals surface area contributed by atoms with E-state index in [0.717, 1.165) is 5.56 Å². The normalized spacial score (nSPS) is 18.7. The lowest BCUT2D eigenvalue weighted by atomic mass is 10.0. The summed E-state index contributed by atoms with van der Waals surface area (Å²) >= 11 is 5.12. The second kappa shape index (κ2) is 6.34. The second-order valence-corrected chi connectivity index (χ2v) is 4.78. The minimum absolute atomic E-state index is 0.295. The Balaban J connectivity index is 2.28. The highest BCUT2D eigenvalue weighted by molar-refractivity contribution is 7.80. The molecule has 20 heavy (non-hydrogen) atoms. The molecule has 0 aliphatic carbocycles. The Morgan fingerprint density at radius 1 is 1.35 bits per heavy atom. The van der Waals surface area contributed by atoms with Crippen molar-refractivity contribution in [2.24, 2.45) is 0 Å². The molecule has 1 aromatic rings. The quantitative estimate of drug-likeness (QED) is 0.658. The number of carbonyl (C=O) groups is 1. The SMILES string of the molecule is COC(=O)C1=C(C)NC(=S)N[C@H]1/C=C\c1ccccc1. The number of thiocarbonyl (C=S) groups is 1. The van der Waals surface area contributed by atoms with Crippen LogP contribution < -0.4 is 10.6 Å². The van der Waals surface area contributed by atoms with Gasteiger partial charge in [0.2, 0.25) is 0 Å². The van der Waals surface area contributed by atoms with Crippen molar-refractivity contribution in [2.75, 3.05) is 7.11 Å². The van der Waals surface area contributed by atoms with Gasteiger partial charge in [0.05, 0.1) is 18.7 Å². The van der Waals surface area contributed by atoms with Gasteiger partial charge in [0.15, 0.2) is 5.11 Å². The number of nitrogens with one attached hydrogen (secondary N) is 2. The lowest BCUT2D eigenvalue weighted by Crippen LogP contribution is -2.48. The first-order valence-corrected chi connectivity index (χ1v) is 6.62. The van der Waals surface area contributed by atoms with Gasteiger partial charge >= 0.3 is 5.97 Å². The van der Waals surface area contributed by atoms with Crippen molar-refractivity contribution >= 4 is 29.4 Å². The van der Waals surface area contributed by atoms with E-state index in [1.54, 1.807) is 0 Å². The van der Waals surface area contributed by atoms with E-state index in [-0.39, 0.29) is 12.0 Å². The minimum Gasteiger partial charge on any atom is -0.466 e. The standard InChI is InChI=1S/C15H16N2O2S/c1-10-13(14(18)19-2)12(17-15(20)16-10)9-8-11-6-4-3-5-7-11/h3-9,12H,1-2H3,(H2,16,17,20)/b9-8-/t12-/m0/s1. The van der Waals surface area contributed by atoms with Crippen LogP contribution in [0.1, 0.15) is 12.5 Å². The molecule has 1 aromatic carbocycles. The summed E-state index contributed by atoms with van der Waals surface area (Å²) < 4.78 is 4.82. The van der Waals surface area contributed by atoms with Crippen molar-refractivity contribution < 1.29 is 9.53 Å². The molecule has 1 aliphatic heterocycles. The van der Waals surface area contributed by atoms with E-state index < -0.39 is 0 Å². The van der Waals surface area contributed by atoms with Gasteiger partial charge in [-0.25, -0.2) is 4.79 Å². The predicted molar refractivity (Wildman–Crippen MR) is 82.8 cm³/mol. The first-order chi connectivity index (χ1) is 9.61. The van der Waals surface area contributed by atoms with Crippen molar-refractivity contribution in [3.63, 3.8) is 0 Å². The number of carbonyl (C=O) groups excluding carboxylic acids is 1. The molecule has 0 saturated carbocycles. The lowest BCUT2D eigenvalue weighted by Gasteiger charge is -2.27. The third kappa shape index (κ3) is 3.24. The summed E-state index contributed by atoms with van der Waals surface area (Å²) in [6.07, 6.45) is 3.85. The van der Waals surface area contributed by atoms with E-state index >= 15 is 0 Å². The van der Waals surface area contributed by atoms with Gasteiger partial charge in [-0.2, -0.15) is 0 Å². The maximum absolute atomic E-state index is 11.9. The van der Waals surface area contributed by atoms with Crippen molar-refractivity contribution in [3.8, 4) is 0 Å². The summed E-state index contributed by atoms with van der Waals surface area (Å²) in [5.74, 6) is -0.368. The molecule has 2 rings (SSSR count). The number of allylic oxidation sites excluding steroid dienone is 1. The molecule has 104 valence electrons. The van der Waals surface area contributed by atoms with Crippen LogP contribution in [0.3, 0.4) is 0 Å². The van der Waals surface area contributed by atoms with Gasteiger partial charge in [0, 0.05) is 5.70 Å². The number of ether oxygens (including phenoxy) is 1. The second-order valence-electron chi connectivity index (χ2n) is 4.38. The zero-order valence-corrected chi connectivity index (χ0v) is 12.2. The topological polar surface area (TPSA) is 50.4 Å². The molecule has 0 amide bonds. The molecule has 2 N–H and O–H groups in total. The monoisotopic (exact) mass is 288 g/mol. The van der Waals surface area contributed by atoms with Crippen LogP contribution >= 0.6 is 12.2 Å². The third-order valence-electron chi connectivity index (χ3n) is 2.99. The maximum Gasteiger partial charge on any atom is 0.337 e. The largest absolute Gasteiger partial charge is 0.466 e. The number of methoxy groups -OCH3 is 1. The van der Waals surface area contributed by atoms with E-state index in [1.165, 1.54) is 7.11 Å². The third-order valence-corrected chi connectivity index (χ3v) is 3.21. The summed E-state index contributed by atoms with van der Waals surface area (Å²) in [6.45, 7) is 1.81. The molecular weight excluding hydrogens is 272 g/mol. The Morgan fingerprint density at radius 2 is 2.05 bits per heavy atom. The summed E-state index contributed by atoms with van der Waals surface area (Å²) in [5.41, 5.74) is 2.30. The van der Waals surface area contributed by atoms with Crippen LogP contribution in [0.25, 0.3) is 6.08 Å². The van der Waals surface area contributed by atoms with Crippen LogP contribution in [0.5, 0.6) is 0 Å². The molecule has 1 atom stereocenters. The molecule has 5 heteroatoms. The van der Waals surface area contributed by atoms with Gasteiger partial charge in [-0.3, -0.25) is 0 Å². The van der Waals surface area contributed by atoms with Crippen LogP contribution in [0.2, 0.25) is 0 Å². The van der Waals surface area contributed by atoms with Crippen molar-refractivity contribution in [1.29, 1.82) is 0 Å². The van der Waals surface area contributed by atoms with Crippen molar-refractivity contribution in [1.82, 2.24) is 10.6 Å². The molecule has 1 aliphatic rings. The highest BCUT2D eigenvalue weighted by atomic mass is 32.1. The molecule has 0 spiro atoms. The number of esters is 1. The number of benzene rings is 1. The number of hydrogen-bond acceptors (Lipinski definition) is 3. The average molecular weight is 288 g/mol. The molecule has 0 bridgehead atoms. The van der Waals surface area contributed by atoms with E-state index in [9.17, 15) is 4.79 Å². The van der Waals surface area contributed by atoms with E-state index in [4.69, 9.17) is 17.0 Å². The molecule has 0 fully saturated rings. The first kappa shape index (κ1) is 14.3. The van der Waals surface area contributed by atoms with Gasteiger partial charge < -0.3 is 15.4 Å². The van der Waals surface area contributed by atoms with Gasteiger partial charge in [-0.1, -0.05) is 42.5 Å². The number of hydrogen-bond donors (Lipinski definition) is 2. The summed E-state index contributed by atoms with van der Waals surface area (Å²) in [5, 5.41) is 6.49. The molecule has 1 heterocycles. The highest BCUT2D eigenvalue weighted by Crippen LogP contribution is 2.16. The van der Waals surface area contributed by atoms with Crippen molar-refractivity contribution in [3.05, 3.63) is 53.2 Å². The van der Waals surface area contributed by atoms with Crippen LogP contribution in [0.4, 0.5) is 0 Å².